The first-order valence-electron chi connectivity index (χ1n) is 9.95. The van der Waals surface area contributed by atoms with Gasteiger partial charge in [0.25, 0.3) is 0 Å². The van der Waals surface area contributed by atoms with E-state index in [-0.39, 0.29) is 5.91 Å². The zero-order valence-electron chi connectivity index (χ0n) is 16.5. The molecule has 4 rings (SSSR count). The zero-order chi connectivity index (χ0) is 19.3. The van der Waals surface area contributed by atoms with Crippen molar-refractivity contribution < 1.29 is 14.3 Å². The first kappa shape index (κ1) is 19.1. The number of hydrogen-bond acceptors (Lipinski definition) is 5. The van der Waals surface area contributed by atoms with Crippen molar-refractivity contribution in [1.82, 2.24) is 19.4 Å². The number of benzene rings is 1. The molecule has 0 atom stereocenters. The van der Waals surface area contributed by atoms with Crippen LogP contribution < -0.4 is 0 Å². The molecule has 0 saturated carbocycles. The smallest absolute Gasteiger partial charge is 0.236 e. The van der Waals surface area contributed by atoms with Crippen molar-refractivity contribution >= 4 is 5.91 Å². The number of carbonyl (C=O) groups excluding carboxylic acids is 1. The Bertz CT molecular complexity index is 814. The number of morpholine rings is 1. The lowest BCUT2D eigenvalue weighted by Crippen LogP contribution is -2.45. The average Bonchev–Trinajstić information content (AvgIpc) is 3.00. The van der Waals surface area contributed by atoms with Crippen LogP contribution in [-0.4, -0.2) is 78.3 Å². The summed E-state index contributed by atoms with van der Waals surface area (Å²) in [5, 5.41) is 0. The number of carbonyl (C=O) groups is 1. The van der Waals surface area contributed by atoms with Crippen LogP contribution in [0.2, 0.25) is 0 Å². The summed E-state index contributed by atoms with van der Waals surface area (Å²) in [6, 6.07) is 8.38. The third-order valence-electron chi connectivity index (χ3n) is 5.49. The fourth-order valence-corrected chi connectivity index (χ4v) is 3.95. The average molecular weight is 384 g/mol. The largest absolute Gasteiger partial charge is 0.380 e. The van der Waals surface area contributed by atoms with Crippen LogP contribution in [0.15, 0.2) is 30.5 Å². The van der Waals surface area contributed by atoms with Gasteiger partial charge >= 0.3 is 0 Å². The molecule has 1 aromatic heterocycles. The summed E-state index contributed by atoms with van der Waals surface area (Å²) < 4.78 is 12.9. The third kappa shape index (κ3) is 4.27. The van der Waals surface area contributed by atoms with E-state index in [2.05, 4.69) is 38.7 Å². The molecule has 7 heteroatoms. The molecule has 28 heavy (non-hydrogen) atoms. The molecule has 7 nitrogen and oxygen atoms in total. The van der Waals surface area contributed by atoms with Gasteiger partial charge in [0.15, 0.2) is 0 Å². The van der Waals surface area contributed by atoms with Gasteiger partial charge in [0, 0.05) is 51.8 Å². The summed E-state index contributed by atoms with van der Waals surface area (Å²) in [6.45, 7) is 6.40. The van der Waals surface area contributed by atoms with E-state index in [1.807, 2.05) is 11.1 Å². The molecule has 0 spiro atoms. The summed E-state index contributed by atoms with van der Waals surface area (Å²) in [7, 11) is 1.71. The number of aromatic nitrogens is 2. The Morgan fingerprint density at radius 2 is 2.04 bits per heavy atom. The van der Waals surface area contributed by atoms with Crippen molar-refractivity contribution in [1.29, 1.82) is 0 Å². The van der Waals surface area contributed by atoms with Crippen LogP contribution in [0.25, 0.3) is 11.3 Å². The molecule has 1 amide bonds. The number of ether oxygens (including phenoxy) is 2. The maximum Gasteiger partial charge on any atom is 0.236 e. The fraction of sp³-hybridized carbons (Fsp3) is 0.524. The molecule has 1 saturated heterocycles. The van der Waals surface area contributed by atoms with Gasteiger partial charge in [0.1, 0.15) is 5.82 Å². The minimum atomic E-state index is 0.205. The minimum absolute atomic E-state index is 0.205. The molecule has 0 unspecified atom stereocenters. The molecule has 3 heterocycles. The highest BCUT2D eigenvalue weighted by molar-refractivity contribution is 5.78. The zero-order valence-corrected chi connectivity index (χ0v) is 16.5. The monoisotopic (exact) mass is 384 g/mol. The fourth-order valence-electron chi connectivity index (χ4n) is 3.95. The first-order valence-corrected chi connectivity index (χ1v) is 9.95. The highest BCUT2D eigenvalue weighted by Crippen LogP contribution is 2.24. The standard InChI is InChI=1S/C21H28N4O3/c1-27-16-17-3-2-4-18(13-17)19-14-22-20-5-6-24(7-8-25(19)20)21(26)15-23-9-11-28-12-10-23/h2-4,13-14H,5-12,15-16H2,1H3. The lowest BCUT2D eigenvalue weighted by molar-refractivity contribution is -0.133. The molecule has 1 aromatic carbocycles. The Labute approximate surface area is 165 Å². The van der Waals surface area contributed by atoms with Crippen LogP contribution in [0, 0.1) is 0 Å². The molecule has 2 aliphatic rings. The van der Waals surface area contributed by atoms with Gasteiger partial charge in [-0.2, -0.15) is 0 Å². The maximum atomic E-state index is 12.8. The van der Waals surface area contributed by atoms with Gasteiger partial charge in [0.2, 0.25) is 5.91 Å². The number of amides is 1. The van der Waals surface area contributed by atoms with E-state index in [9.17, 15) is 4.79 Å². The number of rotatable bonds is 5. The molecule has 0 radical (unpaired) electrons. The summed E-state index contributed by atoms with van der Waals surface area (Å²) in [6.07, 6.45) is 2.74. The van der Waals surface area contributed by atoms with Gasteiger partial charge in [-0.3, -0.25) is 9.69 Å². The Balaban J connectivity index is 1.45. The second-order valence-electron chi connectivity index (χ2n) is 7.36. The Morgan fingerprint density at radius 1 is 1.18 bits per heavy atom. The van der Waals surface area contributed by atoms with E-state index in [1.54, 1.807) is 7.11 Å². The van der Waals surface area contributed by atoms with Gasteiger partial charge in [-0.05, 0) is 11.6 Å². The summed E-state index contributed by atoms with van der Waals surface area (Å²) in [5.41, 5.74) is 3.39. The highest BCUT2D eigenvalue weighted by Gasteiger charge is 2.23. The first-order chi connectivity index (χ1) is 13.7. The van der Waals surface area contributed by atoms with Crippen LogP contribution in [0.1, 0.15) is 11.4 Å². The van der Waals surface area contributed by atoms with Crippen molar-refractivity contribution in [3.8, 4) is 11.3 Å². The van der Waals surface area contributed by atoms with E-state index in [4.69, 9.17) is 9.47 Å². The van der Waals surface area contributed by atoms with Crippen LogP contribution in [0.3, 0.4) is 0 Å². The minimum Gasteiger partial charge on any atom is -0.380 e. The van der Waals surface area contributed by atoms with Gasteiger partial charge < -0.3 is 18.9 Å². The Morgan fingerprint density at radius 3 is 2.86 bits per heavy atom. The van der Waals surface area contributed by atoms with Crippen LogP contribution in [0.5, 0.6) is 0 Å². The lowest BCUT2D eigenvalue weighted by Gasteiger charge is -2.29. The molecule has 1 fully saturated rings. The summed E-state index contributed by atoms with van der Waals surface area (Å²) in [5.74, 6) is 1.25. The number of hydrogen-bond donors (Lipinski definition) is 0. The van der Waals surface area contributed by atoms with Crippen LogP contribution in [-0.2, 0) is 33.8 Å². The van der Waals surface area contributed by atoms with Crippen molar-refractivity contribution in [2.45, 2.75) is 19.6 Å². The molecule has 0 bridgehead atoms. The number of imidazole rings is 1. The van der Waals surface area contributed by atoms with Crippen molar-refractivity contribution in [2.75, 3.05) is 53.0 Å². The Hall–Kier alpha value is -2.22. The predicted octanol–water partition coefficient (Wildman–Crippen LogP) is 1.41. The maximum absolute atomic E-state index is 12.8. The molecule has 150 valence electrons. The number of fused-ring (bicyclic) bond motifs is 1. The second kappa shape index (κ2) is 8.86. The van der Waals surface area contributed by atoms with Crippen molar-refractivity contribution in [3.05, 3.63) is 41.9 Å². The van der Waals surface area contributed by atoms with Crippen molar-refractivity contribution in [3.63, 3.8) is 0 Å². The van der Waals surface area contributed by atoms with Crippen LogP contribution in [0.4, 0.5) is 0 Å². The third-order valence-corrected chi connectivity index (χ3v) is 5.49. The molecule has 2 aliphatic heterocycles. The molecule has 0 N–H and O–H groups in total. The van der Waals surface area contributed by atoms with Gasteiger partial charge in [0.05, 0.1) is 38.3 Å². The van der Waals surface area contributed by atoms with Gasteiger partial charge in [-0.1, -0.05) is 18.2 Å². The normalized spacial score (nSPS) is 18.0. The Kier molecular flexibility index (Phi) is 6.04. The van der Waals surface area contributed by atoms with E-state index >= 15 is 0 Å². The van der Waals surface area contributed by atoms with Crippen molar-refractivity contribution in [2.24, 2.45) is 0 Å². The second-order valence-corrected chi connectivity index (χ2v) is 7.36. The SMILES string of the molecule is COCc1cccc(-c2cnc3n2CCN(C(=O)CN2CCOCC2)CC3)c1. The predicted molar refractivity (Wildman–Crippen MR) is 106 cm³/mol. The van der Waals surface area contributed by atoms with E-state index < -0.39 is 0 Å². The number of methoxy groups -OCH3 is 1. The highest BCUT2D eigenvalue weighted by atomic mass is 16.5. The van der Waals surface area contributed by atoms with Crippen LogP contribution >= 0.6 is 0 Å². The molecule has 2 aromatic rings. The summed E-state index contributed by atoms with van der Waals surface area (Å²) >= 11 is 0. The topological polar surface area (TPSA) is 59.8 Å². The van der Waals surface area contributed by atoms with Gasteiger partial charge in [-0.15, -0.1) is 0 Å². The van der Waals surface area contributed by atoms with Gasteiger partial charge in [-0.25, -0.2) is 4.98 Å². The quantitative estimate of drug-likeness (QED) is 0.780. The molecular weight excluding hydrogens is 356 g/mol. The molecule has 0 aliphatic carbocycles. The van der Waals surface area contributed by atoms with E-state index in [0.717, 1.165) is 61.8 Å². The van der Waals surface area contributed by atoms with E-state index in [1.165, 1.54) is 0 Å². The number of nitrogens with zero attached hydrogens (tertiary/aromatic N) is 4. The lowest BCUT2D eigenvalue weighted by atomic mass is 10.1. The molecular formula is C21H28N4O3. The van der Waals surface area contributed by atoms with E-state index in [0.29, 0.717) is 26.4 Å². The summed E-state index contributed by atoms with van der Waals surface area (Å²) in [4.78, 5) is 21.6.